The van der Waals surface area contributed by atoms with Crippen LogP contribution in [0, 0.1) is 4.77 Å². The van der Waals surface area contributed by atoms with Crippen LogP contribution in [0.2, 0.25) is 0 Å². The average Bonchev–Trinajstić information content (AvgIpc) is 3.07. The molecule has 4 heterocycles. The minimum absolute atomic E-state index is 0.259. The quantitative estimate of drug-likeness (QED) is 0.692. The molecule has 9 heteroatoms. The molecule has 0 saturated heterocycles. The van der Waals surface area contributed by atoms with Crippen LogP contribution in [0.25, 0.3) is 15.9 Å². The molecular formula is C13H13N5O2S2. The maximum absolute atomic E-state index is 11.9. The molecule has 1 amide bonds. The standard InChI is InChI=1S/C13H13N5O2S2/c1-2-20-13(19)17-4-3-7-8(5-17)22-11-9(7)10-15-16-12(21)18(10)6-14-11/h6H,2-5H2,1H3,(H,16,21). The van der Waals surface area contributed by atoms with E-state index in [0.717, 1.165) is 27.2 Å². The third-order valence-corrected chi connectivity index (χ3v) is 5.20. The topological polar surface area (TPSA) is 75.5 Å². The zero-order valence-corrected chi connectivity index (χ0v) is 13.5. The molecule has 1 aliphatic rings. The van der Waals surface area contributed by atoms with Crippen LogP contribution in [-0.2, 0) is 17.7 Å². The number of aromatic nitrogens is 4. The first-order valence-corrected chi connectivity index (χ1v) is 8.19. The summed E-state index contributed by atoms with van der Waals surface area (Å²) in [5.74, 6) is 0. The first-order valence-electron chi connectivity index (χ1n) is 6.96. The van der Waals surface area contributed by atoms with Gasteiger partial charge in [0, 0.05) is 11.4 Å². The highest BCUT2D eigenvalue weighted by molar-refractivity contribution is 7.71. The highest BCUT2D eigenvalue weighted by Crippen LogP contribution is 2.35. The number of H-pyrrole nitrogens is 1. The molecule has 3 aromatic rings. The van der Waals surface area contributed by atoms with Crippen molar-refractivity contribution in [2.75, 3.05) is 13.2 Å². The minimum atomic E-state index is -0.259. The SMILES string of the molecule is CCOC(=O)N1CCc2c(sc3ncn4c(=S)[nH]nc4c23)C1. The van der Waals surface area contributed by atoms with E-state index in [1.807, 2.05) is 6.92 Å². The van der Waals surface area contributed by atoms with Crippen molar-refractivity contribution in [2.45, 2.75) is 19.9 Å². The molecule has 0 fully saturated rings. The average molecular weight is 335 g/mol. The van der Waals surface area contributed by atoms with Gasteiger partial charge in [-0.3, -0.25) is 9.50 Å². The van der Waals surface area contributed by atoms with E-state index in [-0.39, 0.29) is 6.09 Å². The van der Waals surface area contributed by atoms with Crippen molar-refractivity contribution < 1.29 is 9.53 Å². The molecular weight excluding hydrogens is 322 g/mol. The van der Waals surface area contributed by atoms with Crippen molar-refractivity contribution in [3.05, 3.63) is 21.5 Å². The summed E-state index contributed by atoms with van der Waals surface area (Å²) in [5, 5.41) is 8.16. The summed E-state index contributed by atoms with van der Waals surface area (Å²) in [6.07, 6.45) is 2.20. The number of aromatic amines is 1. The van der Waals surface area contributed by atoms with Gasteiger partial charge in [0.1, 0.15) is 11.2 Å². The number of nitrogens with zero attached hydrogens (tertiary/aromatic N) is 4. The van der Waals surface area contributed by atoms with Crippen LogP contribution in [0.15, 0.2) is 6.33 Å². The molecule has 0 unspecified atom stereocenters. The number of nitrogens with one attached hydrogen (secondary N) is 1. The molecule has 0 aromatic carbocycles. The maximum atomic E-state index is 11.9. The summed E-state index contributed by atoms with van der Waals surface area (Å²) in [6.45, 7) is 3.41. The normalized spacial score (nSPS) is 14.5. The van der Waals surface area contributed by atoms with Crippen molar-refractivity contribution in [1.82, 2.24) is 24.5 Å². The fraction of sp³-hybridized carbons (Fsp3) is 0.385. The zero-order chi connectivity index (χ0) is 15.3. The maximum Gasteiger partial charge on any atom is 0.410 e. The van der Waals surface area contributed by atoms with Crippen LogP contribution in [0.3, 0.4) is 0 Å². The molecule has 0 saturated carbocycles. The molecule has 0 spiro atoms. The molecule has 4 rings (SSSR count). The first kappa shape index (κ1) is 13.6. The monoisotopic (exact) mass is 335 g/mol. The summed E-state index contributed by atoms with van der Waals surface area (Å²) in [4.78, 5) is 20.2. The van der Waals surface area contributed by atoms with Crippen LogP contribution in [0.4, 0.5) is 4.79 Å². The van der Waals surface area contributed by atoms with E-state index in [1.165, 1.54) is 5.56 Å². The van der Waals surface area contributed by atoms with Crippen LogP contribution < -0.4 is 0 Å². The Morgan fingerprint density at radius 2 is 2.45 bits per heavy atom. The van der Waals surface area contributed by atoms with Gasteiger partial charge in [-0.1, -0.05) is 0 Å². The van der Waals surface area contributed by atoms with E-state index < -0.39 is 0 Å². The van der Waals surface area contributed by atoms with E-state index in [2.05, 4.69) is 15.2 Å². The minimum Gasteiger partial charge on any atom is -0.450 e. The van der Waals surface area contributed by atoms with Gasteiger partial charge in [-0.25, -0.2) is 9.78 Å². The van der Waals surface area contributed by atoms with Crippen molar-refractivity contribution in [3.8, 4) is 0 Å². The zero-order valence-electron chi connectivity index (χ0n) is 11.8. The van der Waals surface area contributed by atoms with Gasteiger partial charge in [0.15, 0.2) is 5.65 Å². The number of hydrogen-bond donors (Lipinski definition) is 1. The molecule has 114 valence electrons. The molecule has 0 aliphatic carbocycles. The summed E-state index contributed by atoms with van der Waals surface area (Å²) >= 11 is 6.80. The first-order chi connectivity index (χ1) is 10.7. The summed E-state index contributed by atoms with van der Waals surface area (Å²) in [5.41, 5.74) is 2.02. The smallest absolute Gasteiger partial charge is 0.410 e. The van der Waals surface area contributed by atoms with Crippen molar-refractivity contribution in [1.29, 1.82) is 0 Å². The van der Waals surface area contributed by atoms with Gasteiger partial charge in [0.2, 0.25) is 4.77 Å². The van der Waals surface area contributed by atoms with Gasteiger partial charge in [0.25, 0.3) is 0 Å². The van der Waals surface area contributed by atoms with Crippen LogP contribution in [-0.4, -0.2) is 43.7 Å². The lowest BCUT2D eigenvalue weighted by Gasteiger charge is -2.25. The second-order valence-electron chi connectivity index (χ2n) is 5.02. The molecule has 1 N–H and O–H groups in total. The van der Waals surface area contributed by atoms with Gasteiger partial charge in [-0.2, -0.15) is 5.10 Å². The Morgan fingerprint density at radius 1 is 1.59 bits per heavy atom. The third kappa shape index (κ3) is 1.92. The Morgan fingerprint density at radius 3 is 3.27 bits per heavy atom. The van der Waals surface area contributed by atoms with Crippen LogP contribution in [0.5, 0.6) is 0 Å². The van der Waals surface area contributed by atoms with Gasteiger partial charge < -0.3 is 9.64 Å². The predicted octanol–water partition coefficient (Wildman–Crippen LogP) is 2.52. The highest BCUT2D eigenvalue weighted by Gasteiger charge is 2.26. The molecule has 22 heavy (non-hydrogen) atoms. The van der Waals surface area contributed by atoms with Crippen LogP contribution in [0.1, 0.15) is 17.4 Å². The number of rotatable bonds is 1. The Hall–Kier alpha value is -2.00. The number of thiophene rings is 1. The van der Waals surface area contributed by atoms with Crippen molar-refractivity contribution in [3.63, 3.8) is 0 Å². The predicted molar refractivity (Wildman–Crippen MR) is 84.7 cm³/mol. The molecule has 0 radical (unpaired) electrons. The van der Waals surface area contributed by atoms with E-state index >= 15 is 0 Å². The molecule has 1 aliphatic heterocycles. The fourth-order valence-electron chi connectivity index (χ4n) is 2.78. The number of carbonyl (C=O) groups excluding carboxylic acids is 1. The largest absolute Gasteiger partial charge is 0.450 e. The second-order valence-corrected chi connectivity index (χ2v) is 6.49. The highest BCUT2D eigenvalue weighted by atomic mass is 32.1. The summed E-state index contributed by atoms with van der Waals surface area (Å²) < 4.78 is 7.40. The number of fused-ring (bicyclic) bond motifs is 5. The lowest BCUT2D eigenvalue weighted by atomic mass is 10.1. The van der Waals surface area contributed by atoms with Gasteiger partial charge in [-0.05, 0) is 31.1 Å². The third-order valence-electron chi connectivity index (χ3n) is 3.78. The number of ether oxygens (including phenoxy) is 1. The van der Waals surface area contributed by atoms with Gasteiger partial charge in [0.05, 0.1) is 18.5 Å². The number of hydrogen-bond acceptors (Lipinski definition) is 6. The summed E-state index contributed by atoms with van der Waals surface area (Å²) in [7, 11) is 0. The number of carbonyl (C=O) groups is 1. The van der Waals surface area contributed by atoms with E-state index in [0.29, 0.717) is 24.5 Å². The lowest BCUT2D eigenvalue weighted by Crippen LogP contribution is -2.35. The Bertz CT molecular complexity index is 941. The van der Waals surface area contributed by atoms with E-state index in [9.17, 15) is 4.79 Å². The second kappa shape index (κ2) is 5.03. The molecule has 3 aromatic heterocycles. The molecule has 0 atom stereocenters. The van der Waals surface area contributed by atoms with Crippen LogP contribution >= 0.6 is 23.6 Å². The van der Waals surface area contributed by atoms with E-state index in [1.54, 1.807) is 27.0 Å². The molecule has 7 nitrogen and oxygen atoms in total. The Kier molecular flexibility index (Phi) is 3.12. The van der Waals surface area contributed by atoms with Crippen molar-refractivity contribution >= 4 is 45.5 Å². The lowest BCUT2D eigenvalue weighted by molar-refractivity contribution is 0.103. The Balaban J connectivity index is 1.83. The van der Waals surface area contributed by atoms with Gasteiger partial charge in [-0.15, -0.1) is 11.3 Å². The number of amides is 1. The molecule has 0 bridgehead atoms. The summed E-state index contributed by atoms with van der Waals surface area (Å²) in [6, 6.07) is 0. The van der Waals surface area contributed by atoms with E-state index in [4.69, 9.17) is 17.0 Å². The fourth-order valence-corrected chi connectivity index (χ4v) is 4.16. The van der Waals surface area contributed by atoms with Gasteiger partial charge >= 0.3 is 6.09 Å². The Labute approximate surface area is 134 Å². The van der Waals surface area contributed by atoms with Crippen molar-refractivity contribution in [2.24, 2.45) is 0 Å².